The van der Waals surface area contributed by atoms with E-state index < -0.39 is 5.82 Å². The number of fused-ring (bicyclic) bond motifs is 1. The predicted octanol–water partition coefficient (Wildman–Crippen LogP) is 1.04. The number of rotatable bonds is 1. The zero-order valence-corrected chi connectivity index (χ0v) is 9.45. The Morgan fingerprint density at radius 2 is 2.06 bits per heavy atom. The Morgan fingerprint density at radius 3 is 2.71 bits per heavy atom. The second kappa shape index (κ2) is 4.01. The Hall–Kier alpha value is -2.17. The minimum atomic E-state index is -0.470. The van der Waals surface area contributed by atoms with Crippen molar-refractivity contribution in [1.82, 2.24) is 9.88 Å². The van der Waals surface area contributed by atoms with Gasteiger partial charge in [-0.2, -0.15) is 0 Å². The van der Waals surface area contributed by atoms with Crippen LogP contribution < -0.4 is 10.9 Å². The molecule has 4 nitrogen and oxygen atoms in total. The average Bonchev–Trinajstić information content (AvgIpc) is 2.33. The summed E-state index contributed by atoms with van der Waals surface area (Å²) in [4.78, 5) is 23.5. The van der Waals surface area contributed by atoms with Crippen molar-refractivity contribution >= 4 is 16.7 Å². The number of benzene rings is 1. The Balaban J connectivity index is 2.84. The van der Waals surface area contributed by atoms with Crippen LogP contribution in [0.2, 0.25) is 0 Å². The maximum atomic E-state index is 13.0. The Morgan fingerprint density at radius 1 is 1.35 bits per heavy atom. The van der Waals surface area contributed by atoms with Crippen LogP contribution in [0.4, 0.5) is 4.39 Å². The van der Waals surface area contributed by atoms with E-state index in [-0.39, 0.29) is 22.5 Å². The molecule has 0 aliphatic carbocycles. The number of carbonyl (C=O) groups excluding carboxylic acids is 1. The van der Waals surface area contributed by atoms with Crippen LogP contribution in [0.5, 0.6) is 0 Å². The second-order valence-electron chi connectivity index (χ2n) is 3.70. The summed E-state index contributed by atoms with van der Waals surface area (Å²) in [6.45, 7) is 0. The smallest absolute Gasteiger partial charge is 0.267 e. The summed E-state index contributed by atoms with van der Waals surface area (Å²) >= 11 is 0. The largest absolute Gasteiger partial charge is 0.354 e. The molecule has 0 bridgehead atoms. The minimum absolute atomic E-state index is 0.247. The molecule has 1 heterocycles. The monoisotopic (exact) mass is 234 g/mol. The molecule has 88 valence electrons. The topological polar surface area (TPSA) is 51.1 Å². The minimum Gasteiger partial charge on any atom is -0.354 e. The lowest BCUT2D eigenvalue weighted by atomic mass is 10.1. The first-order valence-corrected chi connectivity index (χ1v) is 5.06. The zero-order chi connectivity index (χ0) is 12.6. The molecule has 2 rings (SSSR count). The van der Waals surface area contributed by atoms with E-state index >= 15 is 0 Å². The summed E-state index contributed by atoms with van der Waals surface area (Å²) in [7, 11) is 2.97. The van der Waals surface area contributed by atoms with E-state index in [1.54, 1.807) is 6.07 Å². The Bertz CT molecular complexity index is 661. The number of nitrogens with one attached hydrogen (secondary N) is 1. The van der Waals surface area contributed by atoms with Gasteiger partial charge in [0.15, 0.2) is 0 Å². The number of hydrogen-bond donors (Lipinski definition) is 1. The third-order valence-electron chi connectivity index (χ3n) is 2.66. The zero-order valence-electron chi connectivity index (χ0n) is 9.45. The van der Waals surface area contributed by atoms with Gasteiger partial charge in [0.1, 0.15) is 11.5 Å². The van der Waals surface area contributed by atoms with Crippen LogP contribution in [-0.2, 0) is 7.05 Å². The van der Waals surface area contributed by atoms with Crippen molar-refractivity contribution in [2.45, 2.75) is 0 Å². The molecule has 0 aliphatic rings. The molecule has 0 saturated carbocycles. The first-order chi connectivity index (χ1) is 8.04. The lowest BCUT2D eigenvalue weighted by molar-refractivity contribution is 0.0954. The normalized spacial score (nSPS) is 10.5. The summed E-state index contributed by atoms with van der Waals surface area (Å²) in [6, 6.07) is 5.48. The number of aromatic nitrogens is 1. The highest BCUT2D eigenvalue weighted by atomic mass is 19.1. The van der Waals surface area contributed by atoms with E-state index in [2.05, 4.69) is 5.32 Å². The van der Waals surface area contributed by atoms with Crippen LogP contribution in [0.25, 0.3) is 10.8 Å². The fourth-order valence-corrected chi connectivity index (χ4v) is 1.72. The van der Waals surface area contributed by atoms with Crippen molar-refractivity contribution in [3.8, 4) is 0 Å². The van der Waals surface area contributed by atoms with Crippen molar-refractivity contribution in [3.05, 3.63) is 46.1 Å². The van der Waals surface area contributed by atoms with Crippen molar-refractivity contribution < 1.29 is 9.18 Å². The van der Waals surface area contributed by atoms with E-state index in [0.29, 0.717) is 5.39 Å². The van der Waals surface area contributed by atoms with Gasteiger partial charge >= 0.3 is 0 Å². The lowest BCUT2D eigenvalue weighted by Gasteiger charge is -2.08. The Kier molecular flexibility index (Phi) is 2.67. The van der Waals surface area contributed by atoms with Crippen molar-refractivity contribution in [3.63, 3.8) is 0 Å². The van der Waals surface area contributed by atoms with Gasteiger partial charge in [-0.25, -0.2) is 4.39 Å². The summed E-state index contributed by atoms with van der Waals surface area (Å²) in [5.74, 6) is -0.821. The highest BCUT2D eigenvalue weighted by Crippen LogP contribution is 2.13. The van der Waals surface area contributed by atoms with E-state index in [1.807, 2.05) is 0 Å². The standard InChI is InChI=1S/C12H11FN2O2/c1-14-11(16)10-5-7-3-4-8(13)6-9(7)12(17)15(10)2/h3-6H,1-2H3,(H,14,16). The predicted molar refractivity (Wildman–Crippen MR) is 62.5 cm³/mol. The van der Waals surface area contributed by atoms with Crippen molar-refractivity contribution in [1.29, 1.82) is 0 Å². The van der Waals surface area contributed by atoms with E-state index in [9.17, 15) is 14.0 Å². The number of halogens is 1. The molecule has 0 unspecified atom stereocenters. The first-order valence-electron chi connectivity index (χ1n) is 5.06. The van der Waals surface area contributed by atoms with Gasteiger partial charge in [0.25, 0.3) is 11.5 Å². The molecule has 1 aromatic carbocycles. The Labute approximate surface area is 96.7 Å². The third kappa shape index (κ3) is 1.80. The quantitative estimate of drug-likeness (QED) is 0.801. The molecule has 1 aromatic heterocycles. The number of nitrogens with zero attached hydrogens (tertiary/aromatic N) is 1. The molecule has 0 fully saturated rings. The van der Waals surface area contributed by atoms with Gasteiger partial charge in [0.2, 0.25) is 0 Å². The summed E-state index contributed by atoms with van der Waals surface area (Å²) in [5, 5.41) is 3.27. The van der Waals surface area contributed by atoms with Crippen LogP contribution in [0.1, 0.15) is 10.5 Å². The van der Waals surface area contributed by atoms with Gasteiger partial charge in [0.05, 0.1) is 5.39 Å². The molecule has 2 aromatic rings. The highest BCUT2D eigenvalue weighted by molar-refractivity contribution is 5.96. The fraction of sp³-hybridized carbons (Fsp3) is 0.167. The van der Waals surface area contributed by atoms with Crippen LogP contribution >= 0.6 is 0 Å². The van der Waals surface area contributed by atoms with Crippen LogP contribution in [-0.4, -0.2) is 17.5 Å². The van der Waals surface area contributed by atoms with Gasteiger partial charge in [-0.1, -0.05) is 6.07 Å². The molecule has 0 aliphatic heterocycles. The van der Waals surface area contributed by atoms with Crippen molar-refractivity contribution in [2.24, 2.45) is 7.05 Å². The van der Waals surface area contributed by atoms with Crippen LogP contribution in [0.3, 0.4) is 0 Å². The molecule has 1 N–H and O–H groups in total. The summed E-state index contributed by atoms with van der Waals surface area (Å²) in [5.41, 5.74) is -0.141. The number of pyridine rings is 1. The van der Waals surface area contributed by atoms with Crippen molar-refractivity contribution in [2.75, 3.05) is 7.05 Å². The number of amides is 1. The van der Waals surface area contributed by atoms with Crippen LogP contribution in [0.15, 0.2) is 29.1 Å². The third-order valence-corrected chi connectivity index (χ3v) is 2.66. The van der Waals surface area contributed by atoms with Crippen LogP contribution in [0, 0.1) is 5.82 Å². The van der Waals surface area contributed by atoms with Gasteiger partial charge < -0.3 is 9.88 Å². The summed E-state index contributed by atoms with van der Waals surface area (Å²) < 4.78 is 14.3. The van der Waals surface area contributed by atoms with Gasteiger partial charge in [-0.15, -0.1) is 0 Å². The molecule has 5 heteroatoms. The fourth-order valence-electron chi connectivity index (χ4n) is 1.72. The highest BCUT2D eigenvalue weighted by Gasteiger charge is 2.12. The second-order valence-corrected chi connectivity index (χ2v) is 3.70. The maximum Gasteiger partial charge on any atom is 0.267 e. The first kappa shape index (κ1) is 11.3. The maximum absolute atomic E-state index is 13.0. The molecule has 0 atom stereocenters. The number of hydrogen-bond acceptors (Lipinski definition) is 2. The van der Waals surface area contributed by atoms with Gasteiger partial charge in [0, 0.05) is 14.1 Å². The molecule has 0 saturated heterocycles. The van der Waals surface area contributed by atoms with Gasteiger partial charge in [-0.05, 0) is 23.6 Å². The molecule has 1 amide bonds. The molecular formula is C12H11FN2O2. The van der Waals surface area contributed by atoms with Gasteiger partial charge in [-0.3, -0.25) is 9.59 Å². The number of carbonyl (C=O) groups is 1. The SMILES string of the molecule is CNC(=O)c1cc2ccc(F)cc2c(=O)n1C. The molecule has 0 spiro atoms. The van der Waals surface area contributed by atoms with E-state index in [1.165, 1.54) is 36.9 Å². The van der Waals surface area contributed by atoms with E-state index in [0.717, 1.165) is 0 Å². The van der Waals surface area contributed by atoms with E-state index in [4.69, 9.17) is 0 Å². The average molecular weight is 234 g/mol. The molecule has 17 heavy (non-hydrogen) atoms. The lowest BCUT2D eigenvalue weighted by Crippen LogP contribution is -2.28. The summed E-state index contributed by atoms with van der Waals surface area (Å²) in [6.07, 6.45) is 0. The molecular weight excluding hydrogens is 223 g/mol. The molecule has 0 radical (unpaired) electrons.